The first-order valence-corrected chi connectivity index (χ1v) is 8.99. The Bertz CT molecular complexity index is 598. The van der Waals surface area contributed by atoms with Crippen LogP contribution in [-0.2, 0) is 10.0 Å². The highest BCUT2D eigenvalue weighted by molar-refractivity contribution is 7.91. The minimum Gasteiger partial charge on any atom is -0.374 e. The molecule has 7 nitrogen and oxygen atoms in total. The van der Waals surface area contributed by atoms with Crippen molar-refractivity contribution in [2.45, 2.75) is 43.9 Å². The number of nitrogens with one attached hydrogen (secondary N) is 2. The van der Waals surface area contributed by atoms with Gasteiger partial charge in [0.25, 0.3) is 10.0 Å². The maximum Gasteiger partial charge on any atom is 0.304 e. The van der Waals surface area contributed by atoms with Gasteiger partial charge in [0.15, 0.2) is 5.00 Å². The summed E-state index contributed by atoms with van der Waals surface area (Å²) in [4.78, 5) is 10.3. The molecule has 120 valence electrons. The van der Waals surface area contributed by atoms with E-state index in [0.717, 1.165) is 30.2 Å². The molecular weight excluding hydrogens is 314 g/mol. The lowest BCUT2D eigenvalue weighted by Gasteiger charge is -2.16. The molecular formula is C12H21N3O4S2. The molecule has 1 heterocycles. The summed E-state index contributed by atoms with van der Waals surface area (Å²) in [7, 11) is -2.21. The fourth-order valence-electron chi connectivity index (χ4n) is 1.95. The van der Waals surface area contributed by atoms with Gasteiger partial charge in [-0.1, -0.05) is 31.6 Å². The monoisotopic (exact) mass is 335 g/mol. The number of thiophene rings is 1. The molecule has 0 saturated heterocycles. The van der Waals surface area contributed by atoms with Gasteiger partial charge in [0.2, 0.25) is 0 Å². The number of anilines is 1. The second-order valence-corrected chi connectivity index (χ2v) is 8.05. The fourth-order valence-corrected chi connectivity index (χ4v) is 4.50. The van der Waals surface area contributed by atoms with Crippen LogP contribution < -0.4 is 10.0 Å². The van der Waals surface area contributed by atoms with Gasteiger partial charge in [-0.25, -0.2) is 13.1 Å². The average Bonchev–Trinajstić information content (AvgIpc) is 2.82. The van der Waals surface area contributed by atoms with Crippen molar-refractivity contribution in [2.24, 2.45) is 5.92 Å². The smallest absolute Gasteiger partial charge is 0.304 e. The molecule has 0 spiro atoms. The third-order valence-corrected chi connectivity index (χ3v) is 6.39. The Balaban J connectivity index is 2.95. The van der Waals surface area contributed by atoms with E-state index >= 15 is 0 Å². The van der Waals surface area contributed by atoms with Gasteiger partial charge in [0.05, 0.1) is 4.92 Å². The normalized spacial score (nSPS) is 14.7. The first-order valence-electron chi connectivity index (χ1n) is 6.69. The van der Waals surface area contributed by atoms with Crippen LogP contribution in [0.25, 0.3) is 0 Å². The summed E-state index contributed by atoms with van der Waals surface area (Å²) < 4.78 is 27.1. The molecule has 0 aliphatic carbocycles. The Hall–Kier alpha value is -1.19. The molecule has 0 bridgehead atoms. The highest BCUT2D eigenvalue weighted by Crippen LogP contribution is 2.36. The largest absolute Gasteiger partial charge is 0.374 e. The van der Waals surface area contributed by atoms with E-state index in [1.165, 1.54) is 7.05 Å². The van der Waals surface area contributed by atoms with Gasteiger partial charge < -0.3 is 5.32 Å². The van der Waals surface area contributed by atoms with E-state index in [2.05, 4.69) is 17.0 Å². The molecule has 2 atom stereocenters. The summed E-state index contributed by atoms with van der Waals surface area (Å²) in [5.41, 5.74) is -0.225. The van der Waals surface area contributed by atoms with Crippen molar-refractivity contribution in [1.29, 1.82) is 0 Å². The van der Waals surface area contributed by atoms with Crippen LogP contribution in [0.4, 0.5) is 10.7 Å². The van der Waals surface area contributed by atoms with E-state index in [0.29, 0.717) is 5.92 Å². The Morgan fingerprint density at radius 1 is 1.43 bits per heavy atom. The fraction of sp³-hybridized carbons (Fsp3) is 0.667. The standard InChI is InChI=1S/C12H21N3O4S2/c1-5-8(2)6-9(3)14-21(18,19)11-7-10(15(16)17)12(13-4)20-11/h7-9,13-14H,5-6H2,1-4H3. The van der Waals surface area contributed by atoms with Gasteiger partial charge in [-0.3, -0.25) is 10.1 Å². The number of hydrogen-bond acceptors (Lipinski definition) is 6. The zero-order valence-corrected chi connectivity index (χ0v) is 14.2. The summed E-state index contributed by atoms with van der Waals surface area (Å²) in [6.07, 6.45) is 1.70. The van der Waals surface area contributed by atoms with Crippen LogP contribution in [0.3, 0.4) is 0 Å². The second-order valence-electron chi connectivity index (χ2n) is 5.06. The minimum absolute atomic E-state index is 0.0467. The Kier molecular flexibility index (Phi) is 6.11. The quantitative estimate of drug-likeness (QED) is 0.562. The topological polar surface area (TPSA) is 101 Å². The summed E-state index contributed by atoms with van der Waals surface area (Å²) >= 11 is 0.858. The van der Waals surface area contributed by atoms with Crippen molar-refractivity contribution in [3.05, 3.63) is 16.2 Å². The molecule has 1 aromatic rings. The average molecular weight is 335 g/mol. The van der Waals surface area contributed by atoms with E-state index in [1.807, 2.05) is 6.92 Å². The maximum absolute atomic E-state index is 12.3. The first-order chi connectivity index (χ1) is 9.71. The molecule has 0 aliphatic heterocycles. The van der Waals surface area contributed by atoms with Crippen molar-refractivity contribution >= 4 is 32.0 Å². The van der Waals surface area contributed by atoms with Gasteiger partial charge in [0.1, 0.15) is 4.21 Å². The van der Waals surface area contributed by atoms with Crippen LogP contribution in [-0.4, -0.2) is 26.4 Å². The van der Waals surface area contributed by atoms with Crippen molar-refractivity contribution in [2.75, 3.05) is 12.4 Å². The van der Waals surface area contributed by atoms with Crippen molar-refractivity contribution in [3.63, 3.8) is 0 Å². The number of nitro groups is 1. The van der Waals surface area contributed by atoms with Crippen LogP contribution >= 0.6 is 11.3 Å². The number of nitrogens with zero attached hydrogens (tertiary/aromatic N) is 1. The van der Waals surface area contributed by atoms with Crippen molar-refractivity contribution < 1.29 is 13.3 Å². The predicted octanol–water partition coefficient (Wildman–Crippen LogP) is 2.80. The molecule has 0 fully saturated rings. The van der Waals surface area contributed by atoms with Crippen LogP contribution in [0, 0.1) is 16.0 Å². The maximum atomic E-state index is 12.3. The number of hydrogen-bond donors (Lipinski definition) is 2. The zero-order valence-electron chi connectivity index (χ0n) is 12.5. The number of rotatable bonds is 8. The lowest BCUT2D eigenvalue weighted by molar-refractivity contribution is -0.383. The van der Waals surface area contributed by atoms with Gasteiger partial charge in [-0.2, -0.15) is 0 Å². The predicted molar refractivity (Wildman–Crippen MR) is 84.4 cm³/mol. The number of sulfonamides is 1. The molecule has 0 aliphatic rings. The van der Waals surface area contributed by atoms with E-state index in [9.17, 15) is 18.5 Å². The highest BCUT2D eigenvalue weighted by atomic mass is 32.2. The third kappa shape index (κ3) is 4.65. The third-order valence-electron chi connectivity index (χ3n) is 3.19. The molecule has 0 amide bonds. The van der Waals surface area contributed by atoms with E-state index in [-0.39, 0.29) is 20.9 Å². The van der Waals surface area contributed by atoms with Crippen LogP contribution in [0.2, 0.25) is 0 Å². The summed E-state index contributed by atoms with van der Waals surface area (Å²) in [6, 6.07) is 0.874. The van der Waals surface area contributed by atoms with Gasteiger partial charge in [-0.05, 0) is 19.3 Å². The SMILES string of the molecule is CCC(C)CC(C)NS(=O)(=O)c1cc([N+](=O)[O-])c(NC)s1. The molecule has 0 radical (unpaired) electrons. The molecule has 0 aromatic carbocycles. The van der Waals surface area contributed by atoms with Crippen molar-refractivity contribution in [1.82, 2.24) is 4.72 Å². The van der Waals surface area contributed by atoms with Crippen LogP contribution in [0.5, 0.6) is 0 Å². The van der Waals surface area contributed by atoms with Gasteiger partial charge in [0, 0.05) is 19.2 Å². The molecule has 1 aromatic heterocycles. The first kappa shape index (κ1) is 17.9. The molecule has 2 unspecified atom stereocenters. The molecule has 1 rings (SSSR count). The van der Waals surface area contributed by atoms with E-state index < -0.39 is 14.9 Å². The summed E-state index contributed by atoms with van der Waals surface area (Å²) in [5.74, 6) is 0.410. The van der Waals surface area contributed by atoms with E-state index in [1.54, 1.807) is 6.92 Å². The zero-order chi connectivity index (χ0) is 16.2. The van der Waals surface area contributed by atoms with Crippen molar-refractivity contribution in [3.8, 4) is 0 Å². The lowest BCUT2D eigenvalue weighted by atomic mass is 10.0. The Morgan fingerprint density at radius 2 is 2.05 bits per heavy atom. The Morgan fingerprint density at radius 3 is 2.48 bits per heavy atom. The lowest BCUT2D eigenvalue weighted by Crippen LogP contribution is -2.33. The molecule has 21 heavy (non-hydrogen) atoms. The van der Waals surface area contributed by atoms with Crippen LogP contribution in [0.15, 0.2) is 10.3 Å². The molecule has 9 heteroatoms. The summed E-state index contributed by atoms with van der Waals surface area (Å²) in [5, 5.41) is 13.8. The van der Waals surface area contributed by atoms with E-state index in [4.69, 9.17) is 0 Å². The van der Waals surface area contributed by atoms with Gasteiger partial charge >= 0.3 is 5.69 Å². The second kappa shape index (κ2) is 7.19. The van der Waals surface area contributed by atoms with Crippen LogP contribution in [0.1, 0.15) is 33.6 Å². The minimum atomic E-state index is -3.73. The van der Waals surface area contributed by atoms with Gasteiger partial charge in [-0.15, -0.1) is 0 Å². The molecule has 0 saturated carbocycles. The summed E-state index contributed by atoms with van der Waals surface area (Å²) in [6.45, 7) is 5.90. The molecule has 2 N–H and O–H groups in total. The highest BCUT2D eigenvalue weighted by Gasteiger charge is 2.27. The Labute approximate surface area is 129 Å².